The van der Waals surface area contributed by atoms with E-state index in [4.69, 9.17) is 4.74 Å². The molecule has 21 heavy (non-hydrogen) atoms. The third-order valence-electron chi connectivity index (χ3n) is 3.15. The molecular weight excluding hydrogens is 396 g/mol. The number of aldehydes is 1. The fourth-order valence-electron chi connectivity index (χ4n) is 2.09. The van der Waals surface area contributed by atoms with E-state index in [0.717, 1.165) is 27.3 Å². The van der Waals surface area contributed by atoms with Crippen molar-refractivity contribution in [1.82, 2.24) is 0 Å². The molecule has 0 atom stereocenters. The fraction of sp³-hybridized carbons (Fsp3) is 0. The molecule has 2 nitrogen and oxygen atoms in total. The molecule has 0 radical (unpaired) electrons. The Labute approximate surface area is 139 Å². The first-order valence-corrected chi connectivity index (χ1v) is 7.87. The van der Waals surface area contributed by atoms with E-state index in [-0.39, 0.29) is 0 Å². The first-order valence-electron chi connectivity index (χ1n) is 6.29. The first kappa shape index (κ1) is 14.3. The molecule has 3 aromatic carbocycles. The molecule has 0 fully saturated rings. The van der Waals surface area contributed by atoms with Gasteiger partial charge in [0.2, 0.25) is 0 Å². The molecule has 0 heterocycles. The first-order chi connectivity index (χ1) is 10.2. The second kappa shape index (κ2) is 6.00. The maximum atomic E-state index is 10.8. The van der Waals surface area contributed by atoms with Crippen LogP contribution in [0.2, 0.25) is 0 Å². The molecule has 0 aliphatic rings. The van der Waals surface area contributed by atoms with Crippen LogP contribution >= 0.6 is 31.9 Å². The Bertz CT molecular complexity index is 828. The van der Waals surface area contributed by atoms with E-state index in [0.29, 0.717) is 15.8 Å². The predicted molar refractivity (Wildman–Crippen MR) is 91.3 cm³/mol. The van der Waals surface area contributed by atoms with Crippen LogP contribution in [0.5, 0.6) is 11.5 Å². The molecule has 3 rings (SSSR count). The van der Waals surface area contributed by atoms with E-state index in [2.05, 4.69) is 37.9 Å². The maximum absolute atomic E-state index is 10.8. The molecule has 0 saturated heterocycles. The lowest BCUT2D eigenvalue weighted by Crippen LogP contribution is -1.89. The molecule has 0 amide bonds. The van der Waals surface area contributed by atoms with Crippen molar-refractivity contribution in [1.29, 1.82) is 0 Å². The van der Waals surface area contributed by atoms with Crippen LogP contribution in [0.4, 0.5) is 0 Å². The lowest BCUT2D eigenvalue weighted by molar-refractivity contribution is 0.112. The monoisotopic (exact) mass is 404 g/mol. The van der Waals surface area contributed by atoms with Crippen molar-refractivity contribution in [2.45, 2.75) is 0 Å². The zero-order valence-electron chi connectivity index (χ0n) is 10.8. The second-order valence-corrected chi connectivity index (χ2v) is 6.15. The maximum Gasteiger partial charge on any atom is 0.151 e. The second-order valence-electron chi connectivity index (χ2n) is 4.50. The van der Waals surface area contributed by atoms with Crippen LogP contribution < -0.4 is 4.74 Å². The average Bonchev–Trinajstić information content (AvgIpc) is 2.51. The van der Waals surface area contributed by atoms with Gasteiger partial charge in [-0.15, -0.1) is 0 Å². The summed E-state index contributed by atoms with van der Waals surface area (Å²) >= 11 is 6.95. The summed E-state index contributed by atoms with van der Waals surface area (Å²) in [6, 6.07) is 17.3. The summed E-state index contributed by atoms with van der Waals surface area (Å²) in [5.41, 5.74) is 0.597. The Morgan fingerprint density at radius 1 is 0.952 bits per heavy atom. The molecule has 0 unspecified atom stereocenters. The SMILES string of the molecule is O=Cc1ccc(Oc2ccc3ccccc3c2Br)cc1Br. The molecule has 0 spiro atoms. The van der Waals surface area contributed by atoms with Crippen molar-refractivity contribution in [3.63, 3.8) is 0 Å². The summed E-state index contributed by atoms with van der Waals surface area (Å²) in [5.74, 6) is 1.41. The Kier molecular flexibility index (Phi) is 4.08. The highest BCUT2D eigenvalue weighted by Gasteiger charge is 2.08. The van der Waals surface area contributed by atoms with Crippen LogP contribution in [0.15, 0.2) is 63.5 Å². The lowest BCUT2D eigenvalue weighted by atomic mass is 10.1. The van der Waals surface area contributed by atoms with Gasteiger partial charge in [-0.25, -0.2) is 0 Å². The van der Waals surface area contributed by atoms with Gasteiger partial charge in [0, 0.05) is 10.0 Å². The topological polar surface area (TPSA) is 26.3 Å². The van der Waals surface area contributed by atoms with Crippen LogP contribution in [0.1, 0.15) is 10.4 Å². The molecular formula is C17H10Br2O2. The number of benzene rings is 3. The highest BCUT2D eigenvalue weighted by atomic mass is 79.9. The molecule has 0 aliphatic heterocycles. The van der Waals surface area contributed by atoms with E-state index in [1.165, 1.54) is 0 Å². The molecule has 104 valence electrons. The van der Waals surface area contributed by atoms with Crippen LogP contribution in [0.25, 0.3) is 10.8 Å². The summed E-state index contributed by atoms with van der Waals surface area (Å²) in [6.45, 7) is 0. The highest BCUT2D eigenvalue weighted by Crippen LogP contribution is 2.36. The van der Waals surface area contributed by atoms with Crippen molar-refractivity contribution in [2.24, 2.45) is 0 Å². The normalized spacial score (nSPS) is 10.6. The fourth-order valence-corrected chi connectivity index (χ4v) is 3.11. The standard InChI is InChI=1S/C17H10Br2O2/c18-15-9-13(7-5-12(15)10-20)21-16-8-6-11-3-1-2-4-14(11)17(16)19/h1-10H. The lowest BCUT2D eigenvalue weighted by Gasteiger charge is -2.10. The van der Waals surface area contributed by atoms with Crippen LogP contribution in [-0.2, 0) is 0 Å². The number of carbonyl (C=O) groups is 1. The summed E-state index contributed by atoms with van der Waals surface area (Å²) in [4.78, 5) is 10.8. The van der Waals surface area contributed by atoms with E-state index >= 15 is 0 Å². The number of carbonyl (C=O) groups excluding carboxylic acids is 1. The van der Waals surface area contributed by atoms with Gasteiger partial charge < -0.3 is 4.74 Å². The van der Waals surface area contributed by atoms with Crippen LogP contribution in [0.3, 0.4) is 0 Å². The van der Waals surface area contributed by atoms with Gasteiger partial charge in [0.25, 0.3) is 0 Å². The van der Waals surface area contributed by atoms with E-state index < -0.39 is 0 Å². The van der Waals surface area contributed by atoms with E-state index in [9.17, 15) is 4.79 Å². The van der Waals surface area contributed by atoms with Gasteiger partial charge in [0.05, 0.1) is 4.47 Å². The predicted octanol–water partition coefficient (Wildman–Crippen LogP) is 5.97. The molecule has 0 bridgehead atoms. The number of hydrogen-bond acceptors (Lipinski definition) is 2. The molecule has 0 aliphatic carbocycles. The van der Waals surface area contributed by atoms with Gasteiger partial charge in [-0.3, -0.25) is 4.79 Å². The van der Waals surface area contributed by atoms with Crippen molar-refractivity contribution in [3.8, 4) is 11.5 Å². The summed E-state index contributed by atoms with van der Waals surface area (Å²) in [7, 11) is 0. The Hall–Kier alpha value is -1.65. The third-order valence-corrected chi connectivity index (χ3v) is 4.66. The Balaban J connectivity index is 2.00. The number of ether oxygens (including phenoxy) is 1. The van der Waals surface area contributed by atoms with Gasteiger partial charge in [0.1, 0.15) is 11.5 Å². The summed E-state index contributed by atoms with van der Waals surface area (Å²) in [5, 5.41) is 2.24. The van der Waals surface area contributed by atoms with Crippen molar-refractivity contribution in [2.75, 3.05) is 0 Å². The summed E-state index contributed by atoms with van der Waals surface area (Å²) in [6.07, 6.45) is 0.805. The number of rotatable bonds is 3. The highest BCUT2D eigenvalue weighted by molar-refractivity contribution is 9.11. The van der Waals surface area contributed by atoms with Gasteiger partial charge in [-0.05, 0) is 66.9 Å². The van der Waals surface area contributed by atoms with Gasteiger partial charge in [-0.2, -0.15) is 0 Å². The minimum absolute atomic E-state index is 0.597. The zero-order valence-corrected chi connectivity index (χ0v) is 14.0. The Morgan fingerprint density at radius 2 is 1.76 bits per heavy atom. The van der Waals surface area contributed by atoms with Crippen molar-refractivity contribution < 1.29 is 9.53 Å². The Morgan fingerprint density at radius 3 is 2.52 bits per heavy atom. The van der Waals surface area contributed by atoms with Crippen molar-refractivity contribution in [3.05, 3.63) is 69.1 Å². The molecule has 4 heteroatoms. The zero-order chi connectivity index (χ0) is 14.8. The smallest absolute Gasteiger partial charge is 0.151 e. The quantitative estimate of drug-likeness (QED) is 0.501. The molecule has 0 saturated carbocycles. The third kappa shape index (κ3) is 2.87. The number of halogens is 2. The van der Waals surface area contributed by atoms with Crippen molar-refractivity contribution >= 4 is 48.9 Å². The largest absolute Gasteiger partial charge is 0.456 e. The van der Waals surface area contributed by atoms with Crippen LogP contribution in [0, 0.1) is 0 Å². The van der Waals surface area contributed by atoms with Gasteiger partial charge >= 0.3 is 0 Å². The summed E-state index contributed by atoms with van der Waals surface area (Å²) < 4.78 is 7.53. The average molecular weight is 406 g/mol. The molecule has 0 N–H and O–H groups in total. The number of hydrogen-bond donors (Lipinski definition) is 0. The molecule has 3 aromatic rings. The minimum atomic E-state index is 0.597. The van der Waals surface area contributed by atoms with Crippen LogP contribution in [-0.4, -0.2) is 6.29 Å². The van der Waals surface area contributed by atoms with E-state index in [1.54, 1.807) is 18.2 Å². The molecule has 0 aromatic heterocycles. The minimum Gasteiger partial charge on any atom is -0.456 e. The van der Waals surface area contributed by atoms with Gasteiger partial charge in [0.15, 0.2) is 6.29 Å². The van der Waals surface area contributed by atoms with Gasteiger partial charge in [-0.1, -0.05) is 30.3 Å². The van der Waals surface area contributed by atoms with E-state index in [1.807, 2.05) is 30.3 Å². The number of fused-ring (bicyclic) bond motifs is 1.